The second kappa shape index (κ2) is 6.38. The summed E-state index contributed by atoms with van der Waals surface area (Å²) in [6.45, 7) is 5.81. The van der Waals surface area contributed by atoms with Gasteiger partial charge in [0.15, 0.2) is 0 Å². The molecule has 0 radical (unpaired) electrons. The zero-order valence-electron chi connectivity index (χ0n) is 11.8. The van der Waals surface area contributed by atoms with Crippen molar-refractivity contribution in [3.8, 4) is 5.69 Å². The number of ether oxygens (including phenoxy) is 1. The average Bonchev–Trinajstić information content (AvgIpc) is 2.87. The summed E-state index contributed by atoms with van der Waals surface area (Å²) in [6.07, 6.45) is 3.75. The van der Waals surface area contributed by atoms with Crippen LogP contribution in [-0.2, 0) is 4.74 Å². The predicted molar refractivity (Wildman–Crippen MR) is 78.0 cm³/mol. The molecule has 19 heavy (non-hydrogen) atoms. The van der Waals surface area contributed by atoms with Crippen LogP contribution in [0.5, 0.6) is 0 Å². The Morgan fingerprint density at radius 1 is 1.26 bits per heavy atom. The predicted octanol–water partition coefficient (Wildman–Crippen LogP) is 3.05. The van der Waals surface area contributed by atoms with Crippen LogP contribution in [0.3, 0.4) is 0 Å². The summed E-state index contributed by atoms with van der Waals surface area (Å²) in [7, 11) is 1.69. The number of rotatable bonds is 6. The molecule has 0 atom stereocenters. The number of hydrogen-bond donors (Lipinski definition) is 1. The Bertz CT molecular complexity index is 502. The molecular weight excluding hydrogens is 238 g/mol. The lowest BCUT2D eigenvalue weighted by molar-refractivity contribution is 0.210. The van der Waals surface area contributed by atoms with E-state index < -0.39 is 0 Å². The van der Waals surface area contributed by atoms with Gasteiger partial charge in [-0.25, -0.2) is 4.98 Å². The fraction of sp³-hybridized carbons (Fsp3) is 0.400. The van der Waals surface area contributed by atoms with Crippen molar-refractivity contribution in [1.29, 1.82) is 0 Å². The Balaban J connectivity index is 2.15. The van der Waals surface area contributed by atoms with E-state index in [-0.39, 0.29) is 0 Å². The summed E-state index contributed by atoms with van der Waals surface area (Å²) in [5.74, 6) is 1.39. The maximum Gasteiger partial charge on any atom is 0.207 e. The molecule has 2 rings (SSSR count). The van der Waals surface area contributed by atoms with Gasteiger partial charge in [0, 0.05) is 31.7 Å². The highest BCUT2D eigenvalue weighted by Crippen LogP contribution is 2.19. The smallest absolute Gasteiger partial charge is 0.207 e. The highest BCUT2D eigenvalue weighted by Gasteiger charge is 2.05. The van der Waals surface area contributed by atoms with Crippen LogP contribution in [0.1, 0.15) is 25.3 Å². The van der Waals surface area contributed by atoms with Crippen LogP contribution in [0.4, 0.5) is 5.95 Å². The van der Waals surface area contributed by atoms with E-state index in [1.54, 1.807) is 13.3 Å². The van der Waals surface area contributed by atoms with Gasteiger partial charge in [-0.3, -0.25) is 4.57 Å². The second-order valence-electron chi connectivity index (χ2n) is 4.79. The van der Waals surface area contributed by atoms with Gasteiger partial charge in [0.2, 0.25) is 5.95 Å². The summed E-state index contributed by atoms with van der Waals surface area (Å²) in [4.78, 5) is 4.32. The number of anilines is 1. The Kier molecular flexibility index (Phi) is 4.58. The third-order valence-electron chi connectivity index (χ3n) is 3.07. The largest absolute Gasteiger partial charge is 0.383 e. The van der Waals surface area contributed by atoms with Gasteiger partial charge in [-0.1, -0.05) is 26.0 Å². The second-order valence-corrected chi connectivity index (χ2v) is 4.79. The molecule has 0 spiro atoms. The van der Waals surface area contributed by atoms with Gasteiger partial charge >= 0.3 is 0 Å². The van der Waals surface area contributed by atoms with E-state index in [0.717, 1.165) is 18.2 Å². The third-order valence-corrected chi connectivity index (χ3v) is 3.07. The van der Waals surface area contributed by atoms with Crippen LogP contribution in [-0.4, -0.2) is 29.8 Å². The molecular formula is C15H21N3O. The lowest BCUT2D eigenvalue weighted by atomic mass is 10.0. The molecule has 1 heterocycles. The molecule has 0 saturated heterocycles. The zero-order valence-corrected chi connectivity index (χ0v) is 11.8. The molecule has 0 fully saturated rings. The molecule has 4 nitrogen and oxygen atoms in total. The standard InChI is InChI=1S/C15H21N3O/c1-12(2)13-4-6-14(7-5-13)18-10-8-16-15(18)17-9-11-19-3/h4-8,10,12H,9,11H2,1-3H3,(H,16,17). The number of nitrogens with one attached hydrogen (secondary N) is 1. The number of methoxy groups -OCH3 is 1. The highest BCUT2D eigenvalue weighted by atomic mass is 16.5. The van der Waals surface area contributed by atoms with Gasteiger partial charge in [-0.05, 0) is 23.6 Å². The Hall–Kier alpha value is -1.81. The number of nitrogens with zero attached hydrogens (tertiary/aromatic N) is 2. The van der Waals surface area contributed by atoms with Crippen molar-refractivity contribution in [2.24, 2.45) is 0 Å². The minimum Gasteiger partial charge on any atom is -0.383 e. The number of imidazole rings is 1. The molecule has 1 N–H and O–H groups in total. The first-order valence-electron chi connectivity index (χ1n) is 6.59. The van der Waals surface area contributed by atoms with Gasteiger partial charge in [0.05, 0.1) is 6.61 Å². The first-order valence-corrected chi connectivity index (χ1v) is 6.59. The van der Waals surface area contributed by atoms with Gasteiger partial charge in [0.1, 0.15) is 0 Å². The normalized spacial score (nSPS) is 10.9. The first kappa shape index (κ1) is 13.6. The van der Waals surface area contributed by atoms with Crippen LogP contribution in [0.25, 0.3) is 5.69 Å². The molecule has 0 saturated carbocycles. The Morgan fingerprint density at radius 2 is 2.00 bits per heavy atom. The quantitative estimate of drug-likeness (QED) is 0.810. The summed E-state index contributed by atoms with van der Waals surface area (Å²) in [5, 5.41) is 3.26. The van der Waals surface area contributed by atoms with E-state index in [0.29, 0.717) is 12.5 Å². The van der Waals surface area contributed by atoms with Crippen LogP contribution in [0.2, 0.25) is 0 Å². The van der Waals surface area contributed by atoms with Gasteiger partial charge in [-0.2, -0.15) is 0 Å². The van der Waals surface area contributed by atoms with Crippen molar-refractivity contribution in [3.05, 3.63) is 42.2 Å². The lowest BCUT2D eigenvalue weighted by Crippen LogP contribution is -2.11. The first-order chi connectivity index (χ1) is 9.22. The van der Waals surface area contributed by atoms with Gasteiger partial charge in [-0.15, -0.1) is 0 Å². The van der Waals surface area contributed by atoms with Crippen LogP contribution >= 0.6 is 0 Å². The minimum absolute atomic E-state index is 0.552. The van der Waals surface area contributed by atoms with E-state index in [9.17, 15) is 0 Å². The fourth-order valence-corrected chi connectivity index (χ4v) is 1.93. The summed E-state index contributed by atoms with van der Waals surface area (Å²) >= 11 is 0. The molecule has 0 aliphatic rings. The summed E-state index contributed by atoms with van der Waals surface area (Å²) in [6, 6.07) is 8.58. The number of hydrogen-bond acceptors (Lipinski definition) is 3. The number of benzene rings is 1. The topological polar surface area (TPSA) is 39.1 Å². The van der Waals surface area contributed by atoms with Crippen molar-refractivity contribution >= 4 is 5.95 Å². The van der Waals surface area contributed by atoms with E-state index in [1.165, 1.54) is 5.56 Å². The van der Waals surface area contributed by atoms with E-state index >= 15 is 0 Å². The van der Waals surface area contributed by atoms with Gasteiger partial charge in [0.25, 0.3) is 0 Å². The maximum absolute atomic E-state index is 5.03. The summed E-state index contributed by atoms with van der Waals surface area (Å²) < 4.78 is 7.07. The lowest BCUT2D eigenvalue weighted by Gasteiger charge is -2.11. The van der Waals surface area contributed by atoms with Crippen LogP contribution < -0.4 is 5.32 Å². The molecule has 0 bridgehead atoms. The summed E-state index contributed by atoms with van der Waals surface area (Å²) in [5.41, 5.74) is 2.46. The molecule has 0 unspecified atom stereocenters. The Morgan fingerprint density at radius 3 is 2.63 bits per heavy atom. The molecule has 0 aliphatic carbocycles. The minimum atomic E-state index is 0.552. The molecule has 0 amide bonds. The molecule has 1 aromatic carbocycles. The van der Waals surface area contributed by atoms with E-state index in [4.69, 9.17) is 4.74 Å². The van der Waals surface area contributed by atoms with Gasteiger partial charge < -0.3 is 10.1 Å². The van der Waals surface area contributed by atoms with Crippen LogP contribution in [0, 0.1) is 0 Å². The van der Waals surface area contributed by atoms with Crippen molar-refractivity contribution in [3.63, 3.8) is 0 Å². The van der Waals surface area contributed by atoms with Crippen molar-refractivity contribution in [2.45, 2.75) is 19.8 Å². The van der Waals surface area contributed by atoms with Crippen LogP contribution in [0.15, 0.2) is 36.7 Å². The monoisotopic (exact) mass is 259 g/mol. The van der Waals surface area contributed by atoms with E-state index in [2.05, 4.69) is 48.4 Å². The molecule has 0 aliphatic heterocycles. The molecule has 4 heteroatoms. The average molecular weight is 259 g/mol. The fourth-order valence-electron chi connectivity index (χ4n) is 1.93. The van der Waals surface area contributed by atoms with E-state index in [1.807, 2.05) is 10.8 Å². The number of aromatic nitrogens is 2. The Labute approximate surface area is 114 Å². The molecule has 2 aromatic rings. The molecule has 102 valence electrons. The SMILES string of the molecule is COCCNc1nccn1-c1ccc(C(C)C)cc1. The molecule has 1 aromatic heterocycles. The third kappa shape index (κ3) is 3.35. The van der Waals surface area contributed by atoms with Crippen molar-refractivity contribution in [2.75, 3.05) is 25.6 Å². The van der Waals surface area contributed by atoms with Crippen molar-refractivity contribution < 1.29 is 4.74 Å². The zero-order chi connectivity index (χ0) is 13.7. The maximum atomic E-state index is 5.03. The highest BCUT2D eigenvalue weighted by molar-refractivity contribution is 5.43. The van der Waals surface area contributed by atoms with Crippen molar-refractivity contribution in [1.82, 2.24) is 9.55 Å².